The molecule has 0 unspecified atom stereocenters. The van der Waals surface area contributed by atoms with Crippen LogP contribution < -0.4 is 0 Å². The Bertz CT molecular complexity index is 1280. The zero-order valence-electron chi connectivity index (χ0n) is 16.9. The highest BCUT2D eigenvalue weighted by molar-refractivity contribution is 5.96. The number of H-pyrrole nitrogens is 1. The number of rotatable bonds is 1. The highest BCUT2D eigenvalue weighted by Gasteiger charge is 2.43. The Balaban J connectivity index is 1.27. The van der Waals surface area contributed by atoms with Gasteiger partial charge in [0.15, 0.2) is 0 Å². The van der Waals surface area contributed by atoms with Gasteiger partial charge in [0.2, 0.25) is 0 Å². The second kappa shape index (κ2) is 6.40. The molecule has 1 fully saturated rings. The maximum Gasteiger partial charge on any atom is 0.255 e. The van der Waals surface area contributed by atoms with Crippen molar-refractivity contribution in [1.82, 2.24) is 24.6 Å². The number of pyridine rings is 1. The predicted molar refractivity (Wildman–Crippen MR) is 113 cm³/mol. The molecule has 1 amide bonds. The number of amides is 1. The van der Waals surface area contributed by atoms with Crippen molar-refractivity contribution in [1.29, 1.82) is 0 Å². The summed E-state index contributed by atoms with van der Waals surface area (Å²) in [5.74, 6) is 0.0214. The predicted octanol–water partition coefficient (Wildman–Crippen LogP) is 3.15. The van der Waals surface area contributed by atoms with Crippen LogP contribution in [0.3, 0.4) is 0 Å². The number of nitrogens with one attached hydrogen (secondary N) is 1. The molecule has 152 valence electrons. The smallest absolute Gasteiger partial charge is 0.255 e. The van der Waals surface area contributed by atoms with Crippen LogP contribution >= 0.6 is 0 Å². The van der Waals surface area contributed by atoms with E-state index in [1.807, 2.05) is 18.0 Å². The van der Waals surface area contributed by atoms with E-state index in [2.05, 4.69) is 39.3 Å². The molecule has 2 aliphatic heterocycles. The molecule has 1 saturated heterocycles. The molecule has 7 nitrogen and oxygen atoms in total. The van der Waals surface area contributed by atoms with E-state index in [0.29, 0.717) is 18.7 Å². The molecule has 4 aromatic rings. The first-order valence-electron chi connectivity index (χ1n) is 10.5. The van der Waals surface area contributed by atoms with Gasteiger partial charge in [-0.2, -0.15) is 5.10 Å². The number of hydrogen-bond donors (Lipinski definition) is 1. The van der Waals surface area contributed by atoms with E-state index in [9.17, 15) is 4.79 Å². The van der Waals surface area contributed by atoms with E-state index in [0.717, 1.165) is 36.9 Å². The number of piperidine rings is 1. The van der Waals surface area contributed by atoms with Crippen LogP contribution in [0.1, 0.15) is 34.5 Å². The zero-order valence-corrected chi connectivity index (χ0v) is 16.9. The molecule has 0 bridgehead atoms. The number of hydrogen-bond acceptors (Lipinski definition) is 4. The lowest BCUT2D eigenvalue weighted by atomic mass is 9.83. The molecule has 5 heterocycles. The molecule has 1 spiro atoms. The van der Waals surface area contributed by atoms with Crippen molar-refractivity contribution >= 4 is 27.8 Å². The number of likely N-dealkylation sites (tertiary alicyclic amines) is 1. The van der Waals surface area contributed by atoms with E-state index in [4.69, 9.17) is 4.74 Å². The summed E-state index contributed by atoms with van der Waals surface area (Å²) in [6, 6.07) is 10.3. The number of aromatic nitrogens is 4. The maximum absolute atomic E-state index is 13.1. The summed E-state index contributed by atoms with van der Waals surface area (Å²) < 4.78 is 8.11. The lowest BCUT2D eigenvalue weighted by molar-refractivity contribution is -0.0957. The number of ether oxygens (including phenoxy) is 1. The van der Waals surface area contributed by atoms with Gasteiger partial charge in [-0.15, -0.1) is 0 Å². The van der Waals surface area contributed by atoms with Crippen LogP contribution in [0.4, 0.5) is 0 Å². The van der Waals surface area contributed by atoms with Crippen molar-refractivity contribution in [3.05, 3.63) is 59.5 Å². The van der Waals surface area contributed by atoms with Gasteiger partial charge in [0.1, 0.15) is 11.1 Å². The standard InChI is InChI=1S/C23H23N5O2/c1-27-20-12-15(13-24-19(20)14-25-27)22(29)28-9-7-23(8-10-28)21-17(6-11-30-23)16-4-2-3-5-18(16)26-21/h2-5,12-14,26H,6-11H2,1H3. The third-order valence-electron chi connectivity index (χ3n) is 6.70. The lowest BCUT2D eigenvalue weighted by Gasteiger charge is -2.43. The summed E-state index contributed by atoms with van der Waals surface area (Å²) in [7, 11) is 1.86. The summed E-state index contributed by atoms with van der Waals surface area (Å²) in [5.41, 5.74) is 5.70. The largest absolute Gasteiger partial charge is 0.368 e. The Morgan fingerprint density at radius 1 is 1.20 bits per heavy atom. The molecular weight excluding hydrogens is 378 g/mol. The highest BCUT2D eigenvalue weighted by Crippen LogP contribution is 2.43. The SMILES string of the molecule is Cn1ncc2ncc(C(=O)N3CCC4(CC3)OCCc3c4[nH]c4ccccc34)cc21. The van der Waals surface area contributed by atoms with Gasteiger partial charge >= 0.3 is 0 Å². The van der Waals surface area contributed by atoms with Crippen LogP contribution in [0.15, 0.2) is 42.7 Å². The molecule has 30 heavy (non-hydrogen) atoms. The molecule has 1 N–H and O–H groups in total. The van der Waals surface area contributed by atoms with E-state index >= 15 is 0 Å². The van der Waals surface area contributed by atoms with Gasteiger partial charge in [-0.25, -0.2) is 0 Å². The topological polar surface area (TPSA) is 76.0 Å². The third kappa shape index (κ3) is 2.51. The number of aromatic amines is 1. The first-order chi connectivity index (χ1) is 14.6. The maximum atomic E-state index is 13.1. The van der Waals surface area contributed by atoms with Crippen LogP contribution in [0.2, 0.25) is 0 Å². The molecule has 0 aliphatic carbocycles. The number of nitrogens with zero attached hydrogens (tertiary/aromatic N) is 4. The molecule has 0 saturated carbocycles. The fourth-order valence-corrected chi connectivity index (χ4v) is 5.06. The summed E-state index contributed by atoms with van der Waals surface area (Å²) in [4.78, 5) is 23.1. The van der Waals surface area contributed by atoms with Crippen molar-refractivity contribution in [2.45, 2.75) is 24.9 Å². The molecule has 7 heteroatoms. The Hall–Kier alpha value is -3.19. The summed E-state index contributed by atoms with van der Waals surface area (Å²) in [6.07, 6.45) is 5.89. The first-order valence-corrected chi connectivity index (χ1v) is 10.5. The Kier molecular flexibility index (Phi) is 3.77. The fraction of sp³-hybridized carbons (Fsp3) is 0.348. The molecule has 0 atom stereocenters. The molecular formula is C23H23N5O2. The number of fused-ring (bicyclic) bond motifs is 5. The van der Waals surface area contributed by atoms with Crippen LogP contribution in [0, 0.1) is 0 Å². The van der Waals surface area contributed by atoms with Gasteiger partial charge in [-0.3, -0.25) is 14.5 Å². The first kappa shape index (κ1) is 17.7. The molecule has 3 aromatic heterocycles. The average molecular weight is 401 g/mol. The second-order valence-corrected chi connectivity index (χ2v) is 8.31. The minimum Gasteiger partial charge on any atom is -0.368 e. The summed E-state index contributed by atoms with van der Waals surface area (Å²) in [5, 5.41) is 5.51. The number of carbonyl (C=O) groups is 1. The van der Waals surface area contributed by atoms with E-state index in [-0.39, 0.29) is 11.5 Å². The van der Waals surface area contributed by atoms with Crippen molar-refractivity contribution < 1.29 is 9.53 Å². The minimum atomic E-state index is -0.326. The fourth-order valence-electron chi connectivity index (χ4n) is 5.06. The van der Waals surface area contributed by atoms with E-state index in [1.165, 1.54) is 22.2 Å². The van der Waals surface area contributed by atoms with Gasteiger partial charge in [0.05, 0.1) is 29.6 Å². The number of para-hydroxylation sites is 1. The third-order valence-corrected chi connectivity index (χ3v) is 6.70. The van der Waals surface area contributed by atoms with Crippen LogP contribution in [-0.4, -0.2) is 50.3 Å². The Morgan fingerprint density at radius 3 is 2.90 bits per heavy atom. The summed E-state index contributed by atoms with van der Waals surface area (Å²) >= 11 is 0. The van der Waals surface area contributed by atoms with Crippen molar-refractivity contribution in [2.24, 2.45) is 7.05 Å². The van der Waals surface area contributed by atoms with Gasteiger partial charge in [-0.05, 0) is 37.0 Å². The number of benzene rings is 1. The van der Waals surface area contributed by atoms with Gasteiger partial charge in [0, 0.05) is 37.2 Å². The van der Waals surface area contributed by atoms with Crippen molar-refractivity contribution in [3.8, 4) is 0 Å². The number of carbonyl (C=O) groups excluding carboxylic acids is 1. The van der Waals surface area contributed by atoms with Crippen LogP contribution in [0.5, 0.6) is 0 Å². The molecule has 2 aliphatic rings. The van der Waals surface area contributed by atoms with Gasteiger partial charge in [0.25, 0.3) is 5.91 Å². The van der Waals surface area contributed by atoms with Crippen LogP contribution in [-0.2, 0) is 23.8 Å². The quantitative estimate of drug-likeness (QED) is 0.532. The second-order valence-electron chi connectivity index (χ2n) is 8.31. The highest BCUT2D eigenvalue weighted by atomic mass is 16.5. The normalized spacial score (nSPS) is 18.2. The van der Waals surface area contributed by atoms with Gasteiger partial charge in [-0.1, -0.05) is 18.2 Å². The monoisotopic (exact) mass is 401 g/mol. The van der Waals surface area contributed by atoms with E-state index in [1.54, 1.807) is 17.1 Å². The van der Waals surface area contributed by atoms with Gasteiger partial charge < -0.3 is 14.6 Å². The van der Waals surface area contributed by atoms with Crippen LogP contribution in [0.25, 0.3) is 21.9 Å². The molecule has 6 rings (SSSR count). The Labute approximate surface area is 173 Å². The molecule has 1 aromatic carbocycles. The minimum absolute atomic E-state index is 0.0214. The van der Waals surface area contributed by atoms with Crippen molar-refractivity contribution in [2.75, 3.05) is 19.7 Å². The Morgan fingerprint density at radius 2 is 2.03 bits per heavy atom. The van der Waals surface area contributed by atoms with E-state index < -0.39 is 0 Å². The zero-order chi connectivity index (χ0) is 20.3. The number of aryl methyl sites for hydroxylation is 1. The lowest BCUT2D eigenvalue weighted by Crippen LogP contribution is -2.48. The average Bonchev–Trinajstić information content (AvgIpc) is 3.35. The molecule has 0 radical (unpaired) electrons. The summed E-state index contributed by atoms with van der Waals surface area (Å²) in [6.45, 7) is 2.05. The van der Waals surface area contributed by atoms with Crippen molar-refractivity contribution in [3.63, 3.8) is 0 Å².